The molecule has 3 rings (SSSR count). The van der Waals surface area contributed by atoms with E-state index in [-0.39, 0.29) is 17.5 Å². The lowest BCUT2D eigenvalue weighted by molar-refractivity contribution is 0.0901. The molecule has 0 aliphatic carbocycles. The molecule has 1 saturated heterocycles. The van der Waals surface area contributed by atoms with Crippen LogP contribution in [0.3, 0.4) is 0 Å². The lowest BCUT2D eigenvalue weighted by Gasteiger charge is -2.32. The van der Waals surface area contributed by atoms with E-state index in [9.17, 15) is 18.3 Å². The van der Waals surface area contributed by atoms with Crippen LogP contribution in [0.5, 0.6) is 0 Å². The van der Waals surface area contributed by atoms with Crippen LogP contribution in [0.4, 0.5) is 0 Å². The molecule has 2 aromatic rings. The van der Waals surface area contributed by atoms with Gasteiger partial charge in [-0.1, -0.05) is 6.42 Å². The van der Waals surface area contributed by atoms with Crippen LogP contribution in [-0.2, 0) is 10.0 Å². The van der Waals surface area contributed by atoms with Crippen molar-refractivity contribution in [2.45, 2.75) is 43.2 Å². The summed E-state index contributed by atoms with van der Waals surface area (Å²) in [7, 11) is -3.56. The highest BCUT2D eigenvalue weighted by atomic mass is 32.2. The minimum atomic E-state index is -3.56. The maximum Gasteiger partial charge on any atom is 0.251 e. The third-order valence-electron chi connectivity index (χ3n) is 4.79. The molecule has 1 amide bonds. The Morgan fingerprint density at radius 2 is 2.04 bits per heavy atom. The van der Waals surface area contributed by atoms with E-state index < -0.39 is 22.0 Å². The SMILES string of the molecule is CC1CCCCN1S(=O)(=O)c1ccc(C(=O)NCC(O)c2ccco2)cc1. The molecule has 2 heterocycles. The van der Waals surface area contributed by atoms with Gasteiger partial charge in [-0.15, -0.1) is 0 Å². The fourth-order valence-corrected chi connectivity index (χ4v) is 4.91. The standard InChI is InChI=1S/C19H24N2O5S/c1-14-5-2-3-11-21(14)27(24,25)16-9-7-15(8-10-16)19(23)20-13-17(22)18-6-4-12-26-18/h4,6-10,12,14,17,22H,2-3,5,11,13H2,1H3,(H,20,23). The lowest BCUT2D eigenvalue weighted by atomic mass is 10.1. The molecule has 8 heteroatoms. The van der Waals surface area contributed by atoms with Crippen LogP contribution in [0.25, 0.3) is 0 Å². The van der Waals surface area contributed by atoms with E-state index in [2.05, 4.69) is 5.32 Å². The summed E-state index contributed by atoms with van der Waals surface area (Å²) in [6, 6.07) is 9.13. The van der Waals surface area contributed by atoms with Gasteiger partial charge in [0.2, 0.25) is 10.0 Å². The molecule has 0 spiro atoms. The number of rotatable bonds is 6. The van der Waals surface area contributed by atoms with Gasteiger partial charge in [-0.3, -0.25) is 4.79 Å². The highest BCUT2D eigenvalue weighted by molar-refractivity contribution is 7.89. The molecule has 1 aliphatic heterocycles. The van der Waals surface area contributed by atoms with Gasteiger partial charge in [0.1, 0.15) is 11.9 Å². The molecule has 0 bridgehead atoms. The third kappa shape index (κ3) is 4.40. The van der Waals surface area contributed by atoms with Gasteiger partial charge in [-0.25, -0.2) is 8.42 Å². The van der Waals surface area contributed by atoms with Gasteiger partial charge in [0, 0.05) is 18.2 Å². The fourth-order valence-electron chi connectivity index (χ4n) is 3.22. The number of benzene rings is 1. The number of furan rings is 1. The minimum Gasteiger partial charge on any atom is -0.467 e. The van der Waals surface area contributed by atoms with Gasteiger partial charge >= 0.3 is 0 Å². The zero-order valence-corrected chi connectivity index (χ0v) is 16.0. The molecule has 2 atom stereocenters. The average Bonchev–Trinajstić information content (AvgIpc) is 3.21. The first-order valence-electron chi connectivity index (χ1n) is 9.01. The van der Waals surface area contributed by atoms with Crippen molar-refractivity contribution >= 4 is 15.9 Å². The summed E-state index contributed by atoms with van der Waals surface area (Å²) in [6.45, 7) is 2.44. The maximum absolute atomic E-state index is 12.8. The van der Waals surface area contributed by atoms with Crippen molar-refractivity contribution in [3.63, 3.8) is 0 Å². The highest BCUT2D eigenvalue weighted by Crippen LogP contribution is 2.25. The average molecular weight is 392 g/mol. The Kier molecular flexibility index (Phi) is 5.98. The summed E-state index contributed by atoms with van der Waals surface area (Å²) in [6.07, 6.45) is 3.27. The number of hydrogen-bond donors (Lipinski definition) is 2. The summed E-state index contributed by atoms with van der Waals surface area (Å²) in [5, 5.41) is 12.5. The first-order valence-corrected chi connectivity index (χ1v) is 10.4. The molecule has 27 heavy (non-hydrogen) atoms. The Bertz CT molecular complexity index is 862. The molecule has 1 aromatic carbocycles. The van der Waals surface area contributed by atoms with Crippen molar-refractivity contribution in [2.75, 3.05) is 13.1 Å². The molecule has 1 aromatic heterocycles. The van der Waals surface area contributed by atoms with E-state index >= 15 is 0 Å². The lowest BCUT2D eigenvalue weighted by Crippen LogP contribution is -2.41. The minimum absolute atomic E-state index is 0.00229. The summed E-state index contributed by atoms with van der Waals surface area (Å²) >= 11 is 0. The summed E-state index contributed by atoms with van der Waals surface area (Å²) in [5.74, 6) is -0.0247. The molecule has 1 fully saturated rings. The number of carbonyl (C=O) groups excluding carboxylic acids is 1. The molecule has 2 unspecified atom stereocenters. The molecule has 1 aliphatic rings. The van der Waals surface area contributed by atoms with Gasteiger partial charge < -0.3 is 14.8 Å². The summed E-state index contributed by atoms with van der Waals surface area (Å²) < 4.78 is 32.2. The Hall–Kier alpha value is -2.16. The van der Waals surface area contributed by atoms with Gasteiger partial charge in [-0.2, -0.15) is 4.31 Å². The Balaban J connectivity index is 1.65. The van der Waals surface area contributed by atoms with Gasteiger partial charge in [0.05, 0.1) is 17.7 Å². The van der Waals surface area contributed by atoms with Crippen LogP contribution in [0, 0.1) is 0 Å². The number of aliphatic hydroxyl groups is 1. The second kappa shape index (κ2) is 8.24. The number of nitrogens with zero attached hydrogens (tertiary/aromatic N) is 1. The normalized spacial score (nSPS) is 19.6. The van der Waals surface area contributed by atoms with Crippen LogP contribution in [0.2, 0.25) is 0 Å². The largest absolute Gasteiger partial charge is 0.467 e. The van der Waals surface area contributed by atoms with Gasteiger partial charge in [-0.05, 0) is 56.2 Å². The van der Waals surface area contributed by atoms with E-state index in [0.29, 0.717) is 17.9 Å². The van der Waals surface area contributed by atoms with E-state index in [4.69, 9.17) is 4.42 Å². The number of sulfonamides is 1. The maximum atomic E-state index is 12.8. The van der Waals surface area contributed by atoms with Crippen LogP contribution in [-0.4, -0.2) is 42.9 Å². The van der Waals surface area contributed by atoms with Crippen molar-refractivity contribution in [3.05, 3.63) is 54.0 Å². The Morgan fingerprint density at radius 3 is 2.67 bits per heavy atom. The smallest absolute Gasteiger partial charge is 0.251 e. The predicted octanol–water partition coefficient (Wildman–Crippen LogP) is 2.31. The predicted molar refractivity (Wildman–Crippen MR) is 99.6 cm³/mol. The molecular formula is C19H24N2O5S. The van der Waals surface area contributed by atoms with Crippen LogP contribution < -0.4 is 5.32 Å². The number of nitrogens with one attached hydrogen (secondary N) is 1. The van der Waals surface area contributed by atoms with Crippen LogP contribution >= 0.6 is 0 Å². The monoisotopic (exact) mass is 392 g/mol. The fraction of sp³-hybridized carbons (Fsp3) is 0.421. The second-order valence-electron chi connectivity index (χ2n) is 6.73. The molecule has 0 saturated carbocycles. The van der Waals surface area contributed by atoms with Crippen LogP contribution in [0.1, 0.15) is 48.4 Å². The van der Waals surface area contributed by atoms with E-state index in [1.807, 2.05) is 6.92 Å². The van der Waals surface area contributed by atoms with E-state index in [1.165, 1.54) is 34.8 Å². The topological polar surface area (TPSA) is 99.9 Å². The van der Waals surface area contributed by atoms with Crippen molar-refractivity contribution in [1.82, 2.24) is 9.62 Å². The van der Waals surface area contributed by atoms with E-state index in [1.54, 1.807) is 12.1 Å². The van der Waals surface area contributed by atoms with Crippen molar-refractivity contribution in [1.29, 1.82) is 0 Å². The van der Waals surface area contributed by atoms with Gasteiger partial charge in [0.15, 0.2) is 0 Å². The number of amides is 1. The zero-order chi connectivity index (χ0) is 19.4. The van der Waals surface area contributed by atoms with Crippen molar-refractivity contribution in [3.8, 4) is 0 Å². The number of piperidine rings is 1. The molecule has 7 nitrogen and oxygen atoms in total. The zero-order valence-electron chi connectivity index (χ0n) is 15.2. The quantitative estimate of drug-likeness (QED) is 0.786. The summed E-state index contributed by atoms with van der Waals surface area (Å²) in [5.41, 5.74) is 0.326. The van der Waals surface area contributed by atoms with Crippen molar-refractivity contribution < 1.29 is 22.7 Å². The molecule has 0 radical (unpaired) electrons. The first kappa shape index (κ1) is 19.6. The summed E-state index contributed by atoms with van der Waals surface area (Å²) in [4.78, 5) is 12.4. The van der Waals surface area contributed by atoms with Crippen molar-refractivity contribution in [2.24, 2.45) is 0 Å². The van der Waals surface area contributed by atoms with Gasteiger partial charge in [0.25, 0.3) is 5.91 Å². The molecule has 2 N–H and O–H groups in total. The van der Waals surface area contributed by atoms with E-state index in [0.717, 1.165) is 19.3 Å². The molecule has 146 valence electrons. The molecular weight excluding hydrogens is 368 g/mol. The number of aliphatic hydroxyl groups excluding tert-OH is 1. The highest BCUT2D eigenvalue weighted by Gasteiger charge is 2.30. The second-order valence-corrected chi connectivity index (χ2v) is 8.62. The third-order valence-corrected chi connectivity index (χ3v) is 6.82. The Morgan fingerprint density at radius 1 is 1.30 bits per heavy atom. The number of hydrogen-bond acceptors (Lipinski definition) is 5. The first-order chi connectivity index (χ1) is 12.9. The number of carbonyl (C=O) groups is 1. The van der Waals surface area contributed by atoms with Crippen LogP contribution in [0.15, 0.2) is 52.0 Å². The Labute approximate surface area is 159 Å².